The molecule has 0 saturated carbocycles. The molecule has 0 amide bonds. The Morgan fingerprint density at radius 2 is 1.59 bits per heavy atom. The Morgan fingerprint density at radius 1 is 0.971 bits per heavy atom. The molecule has 0 radical (unpaired) electrons. The minimum atomic E-state index is -4.10. The zero-order valence-electron chi connectivity index (χ0n) is 18.9. The molecule has 0 aliphatic rings. The molecule has 0 spiro atoms. The zero-order chi connectivity index (χ0) is 24.8. The number of aliphatic hydroxyl groups is 1. The molecule has 1 unspecified atom stereocenters. The maximum atomic E-state index is 13.9. The number of hydrogen-bond donors (Lipinski definition) is 2. The minimum absolute atomic E-state index is 0.0599. The van der Waals surface area contributed by atoms with Crippen LogP contribution in [-0.2, 0) is 15.6 Å². The number of aromatic carboxylic acids is 1. The van der Waals surface area contributed by atoms with Gasteiger partial charge in [0.1, 0.15) is 5.60 Å². The van der Waals surface area contributed by atoms with Crippen molar-refractivity contribution in [2.24, 2.45) is 0 Å². The SMILES string of the molecule is CC(C)c1ccc(S(=O)(=O)n2c(C(C)(O)c3ccc(C(=O)O)cc3)cc3cc(Cl)ccc32)cc1. The highest BCUT2D eigenvalue weighted by atomic mass is 35.5. The smallest absolute Gasteiger partial charge is 0.335 e. The molecular formula is C26H24ClNO5S. The average molecular weight is 498 g/mol. The number of aromatic nitrogens is 1. The van der Waals surface area contributed by atoms with Crippen molar-refractivity contribution in [3.63, 3.8) is 0 Å². The lowest BCUT2D eigenvalue weighted by molar-refractivity contribution is 0.0695. The van der Waals surface area contributed by atoms with E-state index < -0.39 is 21.6 Å². The summed E-state index contributed by atoms with van der Waals surface area (Å²) < 4.78 is 28.8. The molecule has 0 bridgehead atoms. The molecule has 0 aliphatic carbocycles. The summed E-state index contributed by atoms with van der Waals surface area (Å²) in [5, 5.41) is 21.8. The predicted octanol–water partition coefficient (Wildman–Crippen LogP) is 5.61. The van der Waals surface area contributed by atoms with E-state index in [1.807, 2.05) is 13.8 Å². The van der Waals surface area contributed by atoms with E-state index in [9.17, 15) is 23.4 Å². The summed E-state index contributed by atoms with van der Waals surface area (Å²) in [5.74, 6) is -0.848. The second-order valence-electron chi connectivity index (χ2n) is 8.68. The lowest BCUT2D eigenvalue weighted by Gasteiger charge is -2.26. The molecule has 4 aromatic rings. The molecule has 1 heterocycles. The summed E-state index contributed by atoms with van der Waals surface area (Å²) in [6.45, 7) is 5.53. The summed E-state index contributed by atoms with van der Waals surface area (Å²) in [4.78, 5) is 11.3. The third kappa shape index (κ3) is 4.11. The number of halogens is 1. The Labute approximate surface area is 203 Å². The average Bonchev–Trinajstić information content (AvgIpc) is 3.19. The van der Waals surface area contributed by atoms with E-state index in [2.05, 4.69) is 0 Å². The lowest BCUT2D eigenvalue weighted by Crippen LogP contribution is -2.29. The van der Waals surface area contributed by atoms with E-state index in [-0.39, 0.29) is 22.1 Å². The highest BCUT2D eigenvalue weighted by Gasteiger charge is 2.35. The highest BCUT2D eigenvalue weighted by Crippen LogP contribution is 2.37. The Balaban J connectivity index is 1.95. The van der Waals surface area contributed by atoms with Crippen LogP contribution in [-0.4, -0.2) is 28.6 Å². The van der Waals surface area contributed by atoms with E-state index in [1.54, 1.807) is 48.5 Å². The highest BCUT2D eigenvalue weighted by molar-refractivity contribution is 7.90. The number of hydrogen-bond acceptors (Lipinski definition) is 4. The molecule has 4 rings (SSSR count). The van der Waals surface area contributed by atoms with E-state index in [0.717, 1.165) is 9.54 Å². The third-order valence-corrected chi connectivity index (χ3v) is 7.97. The topological polar surface area (TPSA) is 96.6 Å². The van der Waals surface area contributed by atoms with Gasteiger partial charge >= 0.3 is 5.97 Å². The maximum absolute atomic E-state index is 13.9. The first kappa shape index (κ1) is 24.0. The van der Waals surface area contributed by atoms with Gasteiger partial charge in [0.2, 0.25) is 0 Å². The van der Waals surface area contributed by atoms with Crippen LogP contribution in [0.2, 0.25) is 5.02 Å². The first-order chi connectivity index (χ1) is 15.9. The van der Waals surface area contributed by atoms with Crippen LogP contribution in [0.5, 0.6) is 0 Å². The van der Waals surface area contributed by atoms with Gasteiger partial charge in [0.25, 0.3) is 10.0 Å². The summed E-state index contributed by atoms with van der Waals surface area (Å²) in [6, 6.07) is 18.8. The van der Waals surface area contributed by atoms with Gasteiger partial charge in [-0.2, -0.15) is 0 Å². The van der Waals surface area contributed by atoms with E-state index in [1.165, 1.54) is 31.2 Å². The number of fused-ring (bicyclic) bond motifs is 1. The summed E-state index contributed by atoms with van der Waals surface area (Å²) in [6.07, 6.45) is 0. The molecular weight excluding hydrogens is 474 g/mol. The molecule has 0 aliphatic heterocycles. The Morgan fingerprint density at radius 3 is 2.15 bits per heavy atom. The van der Waals surface area contributed by atoms with Crippen LogP contribution in [0.4, 0.5) is 0 Å². The Kier molecular flexibility index (Phi) is 6.06. The van der Waals surface area contributed by atoms with Crippen molar-refractivity contribution in [3.8, 4) is 0 Å². The Bertz CT molecular complexity index is 1480. The van der Waals surface area contributed by atoms with Crippen LogP contribution in [0, 0.1) is 0 Å². The standard InChI is InChI=1S/C26H24ClNO5S/c1-16(2)17-6-11-22(12-7-17)34(32,33)28-23-13-10-21(27)14-19(23)15-24(28)26(3,31)20-8-4-18(5-9-20)25(29)30/h4-16,31H,1-3H3,(H,29,30). The van der Waals surface area contributed by atoms with Gasteiger partial charge in [0.15, 0.2) is 0 Å². The maximum Gasteiger partial charge on any atom is 0.335 e. The molecule has 6 nitrogen and oxygen atoms in total. The molecule has 176 valence electrons. The van der Waals surface area contributed by atoms with Crippen molar-refractivity contribution in [2.45, 2.75) is 37.2 Å². The second-order valence-corrected chi connectivity index (χ2v) is 10.9. The molecule has 0 saturated heterocycles. The molecule has 2 N–H and O–H groups in total. The fourth-order valence-corrected chi connectivity index (χ4v) is 5.76. The van der Waals surface area contributed by atoms with Gasteiger partial charge in [0.05, 0.1) is 21.7 Å². The first-order valence-electron chi connectivity index (χ1n) is 10.7. The number of carbonyl (C=O) groups is 1. The van der Waals surface area contributed by atoms with Crippen LogP contribution in [0.15, 0.2) is 77.7 Å². The quantitative estimate of drug-likeness (QED) is 0.361. The van der Waals surface area contributed by atoms with Crippen LogP contribution in [0.3, 0.4) is 0 Å². The van der Waals surface area contributed by atoms with Crippen molar-refractivity contribution < 1.29 is 23.4 Å². The molecule has 34 heavy (non-hydrogen) atoms. The van der Waals surface area contributed by atoms with Gasteiger partial charge in [-0.3, -0.25) is 0 Å². The van der Waals surface area contributed by atoms with Crippen LogP contribution >= 0.6 is 11.6 Å². The van der Waals surface area contributed by atoms with Gasteiger partial charge in [-0.1, -0.05) is 49.7 Å². The van der Waals surface area contributed by atoms with E-state index in [0.29, 0.717) is 21.5 Å². The lowest BCUT2D eigenvalue weighted by atomic mass is 9.92. The van der Waals surface area contributed by atoms with Crippen LogP contribution in [0.25, 0.3) is 10.9 Å². The normalized spacial score (nSPS) is 13.8. The predicted molar refractivity (Wildman–Crippen MR) is 132 cm³/mol. The van der Waals surface area contributed by atoms with Gasteiger partial charge in [0, 0.05) is 10.4 Å². The van der Waals surface area contributed by atoms with Gasteiger partial charge in [-0.05, 0) is 72.5 Å². The summed E-state index contributed by atoms with van der Waals surface area (Å²) in [7, 11) is -4.10. The Hall–Kier alpha value is -3.13. The van der Waals surface area contributed by atoms with E-state index >= 15 is 0 Å². The van der Waals surface area contributed by atoms with Crippen molar-refractivity contribution in [2.75, 3.05) is 0 Å². The first-order valence-corrected chi connectivity index (χ1v) is 12.5. The molecule has 8 heteroatoms. The molecule has 1 atom stereocenters. The van der Waals surface area contributed by atoms with Crippen molar-refractivity contribution in [1.29, 1.82) is 0 Å². The molecule has 0 fully saturated rings. The molecule has 1 aromatic heterocycles. The second kappa shape index (κ2) is 8.58. The van der Waals surface area contributed by atoms with Crippen molar-refractivity contribution in [1.82, 2.24) is 3.97 Å². The number of nitrogens with zero attached hydrogens (tertiary/aromatic N) is 1. The van der Waals surface area contributed by atoms with Gasteiger partial charge < -0.3 is 10.2 Å². The number of carboxylic acid groups (broad SMARTS) is 1. The summed E-state index contributed by atoms with van der Waals surface area (Å²) in [5.41, 5.74) is 0.139. The number of carboxylic acids is 1. The van der Waals surface area contributed by atoms with Crippen molar-refractivity contribution >= 4 is 38.5 Å². The largest absolute Gasteiger partial charge is 0.478 e. The fourth-order valence-electron chi connectivity index (χ4n) is 3.97. The van der Waals surface area contributed by atoms with E-state index in [4.69, 9.17) is 11.6 Å². The fraction of sp³-hybridized carbons (Fsp3) is 0.192. The van der Waals surface area contributed by atoms with Crippen LogP contribution in [0.1, 0.15) is 53.9 Å². The monoisotopic (exact) mass is 497 g/mol. The number of benzene rings is 3. The zero-order valence-corrected chi connectivity index (χ0v) is 20.4. The number of rotatable bonds is 6. The minimum Gasteiger partial charge on any atom is -0.478 e. The van der Waals surface area contributed by atoms with Gasteiger partial charge in [-0.25, -0.2) is 17.2 Å². The summed E-state index contributed by atoms with van der Waals surface area (Å²) >= 11 is 6.16. The third-order valence-electron chi connectivity index (χ3n) is 6.00. The van der Waals surface area contributed by atoms with Gasteiger partial charge in [-0.15, -0.1) is 0 Å². The molecule has 3 aromatic carbocycles. The van der Waals surface area contributed by atoms with Crippen LogP contribution < -0.4 is 0 Å². The van der Waals surface area contributed by atoms with Crippen molar-refractivity contribution in [3.05, 3.63) is 100 Å².